The molecule has 0 saturated carbocycles. The molecule has 2 N–H and O–H groups in total. The molecule has 0 fully saturated rings. The minimum Gasteiger partial charge on any atom is -0.368 e. The molecule has 0 bridgehead atoms. The van der Waals surface area contributed by atoms with Gasteiger partial charge in [-0.1, -0.05) is 11.6 Å². The van der Waals surface area contributed by atoms with Crippen LogP contribution < -0.4 is 5.73 Å². The van der Waals surface area contributed by atoms with Gasteiger partial charge in [0.1, 0.15) is 16.8 Å². The van der Waals surface area contributed by atoms with Crippen LogP contribution in [-0.4, -0.2) is 19.9 Å². The Bertz CT molecular complexity index is 525. The van der Waals surface area contributed by atoms with Gasteiger partial charge < -0.3 is 5.73 Å². The summed E-state index contributed by atoms with van der Waals surface area (Å²) >= 11 is 5.82. The molecule has 7 heteroatoms. The summed E-state index contributed by atoms with van der Waals surface area (Å²) in [6.07, 6.45) is 1.02. The van der Waals surface area contributed by atoms with Crippen molar-refractivity contribution < 1.29 is 4.39 Å². The second-order valence-corrected chi connectivity index (χ2v) is 3.41. The second-order valence-electron chi connectivity index (χ2n) is 3.06. The average Bonchev–Trinajstić information content (AvgIpc) is 2.20. The Morgan fingerprint density at radius 2 is 2.06 bits per heavy atom. The SMILES string of the molecule is Cc1nc(N)nc(-c2cc(F)cnc2Cl)n1. The monoisotopic (exact) mass is 239 g/mol. The van der Waals surface area contributed by atoms with E-state index in [0.717, 1.165) is 6.20 Å². The molecular formula is C9H7ClFN5. The van der Waals surface area contributed by atoms with Crippen molar-refractivity contribution in [1.82, 2.24) is 19.9 Å². The van der Waals surface area contributed by atoms with Crippen LogP contribution in [0, 0.1) is 12.7 Å². The van der Waals surface area contributed by atoms with Crippen LogP contribution >= 0.6 is 11.6 Å². The van der Waals surface area contributed by atoms with Crippen LogP contribution in [0.4, 0.5) is 10.3 Å². The maximum Gasteiger partial charge on any atom is 0.223 e. The number of aryl methyl sites for hydroxylation is 1. The fourth-order valence-corrected chi connectivity index (χ4v) is 1.39. The van der Waals surface area contributed by atoms with Gasteiger partial charge in [0.05, 0.1) is 11.8 Å². The van der Waals surface area contributed by atoms with Gasteiger partial charge in [-0.2, -0.15) is 9.97 Å². The van der Waals surface area contributed by atoms with Gasteiger partial charge in [0.15, 0.2) is 5.82 Å². The topological polar surface area (TPSA) is 77.6 Å². The first-order chi connectivity index (χ1) is 7.56. The number of halogens is 2. The Labute approximate surface area is 95.5 Å². The van der Waals surface area contributed by atoms with Crippen molar-refractivity contribution in [1.29, 1.82) is 0 Å². The molecular weight excluding hydrogens is 233 g/mol. The van der Waals surface area contributed by atoms with Crippen molar-refractivity contribution in [3.05, 3.63) is 29.1 Å². The number of nitrogens with two attached hydrogens (primary N) is 1. The van der Waals surface area contributed by atoms with Gasteiger partial charge in [-0.05, 0) is 13.0 Å². The summed E-state index contributed by atoms with van der Waals surface area (Å²) in [7, 11) is 0. The van der Waals surface area contributed by atoms with Crippen LogP contribution in [0.25, 0.3) is 11.4 Å². The van der Waals surface area contributed by atoms with Gasteiger partial charge in [0, 0.05) is 0 Å². The van der Waals surface area contributed by atoms with E-state index in [0.29, 0.717) is 11.4 Å². The summed E-state index contributed by atoms with van der Waals surface area (Å²) in [5.74, 6) is 0.184. The number of aromatic nitrogens is 4. The quantitative estimate of drug-likeness (QED) is 0.765. The Kier molecular flexibility index (Phi) is 2.66. The van der Waals surface area contributed by atoms with E-state index in [9.17, 15) is 4.39 Å². The van der Waals surface area contributed by atoms with E-state index in [1.54, 1.807) is 6.92 Å². The molecule has 0 saturated heterocycles. The summed E-state index contributed by atoms with van der Waals surface area (Å²) in [4.78, 5) is 15.4. The zero-order chi connectivity index (χ0) is 11.7. The maximum absolute atomic E-state index is 13.0. The predicted molar refractivity (Wildman–Crippen MR) is 57.2 cm³/mol. The predicted octanol–water partition coefficient (Wildman–Crippen LogP) is 1.62. The minimum atomic E-state index is -0.518. The van der Waals surface area contributed by atoms with Gasteiger partial charge in [0.2, 0.25) is 5.95 Å². The van der Waals surface area contributed by atoms with E-state index in [2.05, 4.69) is 19.9 Å². The Morgan fingerprint density at radius 1 is 1.31 bits per heavy atom. The number of hydrogen-bond acceptors (Lipinski definition) is 5. The zero-order valence-corrected chi connectivity index (χ0v) is 9.03. The summed E-state index contributed by atoms with van der Waals surface area (Å²) in [5, 5.41) is 0.117. The van der Waals surface area contributed by atoms with E-state index in [1.165, 1.54) is 6.07 Å². The standard InChI is InChI=1S/C9H7ClFN5/c1-4-14-8(16-9(12)15-4)6-2-5(11)3-13-7(6)10/h2-3H,1H3,(H2,12,14,15,16). The van der Waals surface area contributed by atoms with Crippen molar-refractivity contribution in [3.63, 3.8) is 0 Å². The molecule has 16 heavy (non-hydrogen) atoms. The normalized spacial score (nSPS) is 10.4. The molecule has 0 radical (unpaired) electrons. The Balaban J connectivity index is 2.62. The third kappa shape index (κ3) is 2.06. The first-order valence-corrected chi connectivity index (χ1v) is 4.73. The Hall–Kier alpha value is -1.82. The first-order valence-electron chi connectivity index (χ1n) is 4.36. The van der Waals surface area contributed by atoms with E-state index < -0.39 is 5.82 Å². The van der Waals surface area contributed by atoms with E-state index in [1.807, 2.05) is 0 Å². The molecule has 2 aromatic heterocycles. The number of nitrogens with zero attached hydrogens (tertiary/aromatic N) is 4. The lowest BCUT2D eigenvalue weighted by Gasteiger charge is -2.03. The van der Waals surface area contributed by atoms with Crippen molar-refractivity contribution in [3.8, 4) is 11.4 Å². The van der Waals surface area contributed by atoms with Gasteiger partial charge in [-0.3, -0.25) is 0 Å². The molecule has 0 aliphatic carbocycles. The van der Waals surface area contributed by atoms with Crippen LogP contribution in [0.1, 0.15) is 5.82 Å². The van der Waals surface area contributed by atoms with Gasteiger partial charge >= 0.3 is 0 Å². The average molecular weight is 240 g/mol. The smallest absolute Gasteiger partial charge is 0.223 e. The van der Waals surface area contributed by atoms with Crippen LogP contribution in [-0.2, 0) is 0 Å². The lowest BCUT2D eigenvalue weighted by atomic mass is 10.2. The molecule has 0 aromatic carbocycles. The number of anilines is 1. The van der Waals surface area contributed by atoms with Crippen LogP contribution in [0.15, 0.2) is 12.3 Å². The molecule has 0 spiro atoms. The van der Waals surface area contributed by atoms with Crippen LogP contribution in [0.3, 0.4) is 0 Å². The summed E-state index contributed by atoms with van der Waals surface area (Å²) in [5.41, 5.74) is 5.76. The lowest BCUT2D eigenvalue weighted by molar-refractivity contribution is 0.622. The highest BCUT2D eigenvalue weighted by Gasteiger charge is 2.11. The second kappa shape index (κ2) is 3.97. The molecule has 0 aliphatic rings. The Morgan fingerprint density at radius 3 is 2.75 bits per heavy atom. The zero-order valence-electron chi connectivity index (χ0n) is 8.28. The van der Waals surface area contributed by atoms with E-state index in [-0.39, 0.29) is 16.9 Å². The molecule has 2 heterocycles. The third-order valence-corrected chi connectivity index (χ3v) is 2.11. The highest BCUT2D eigenvalue weighted by atomic mass is 35.5. The largest absolute Gasteiger partial charge is 0.368 e. The van der Waals surface area contributed by atoms with Crippen molar-refractivity contribution in [2.75, 3.05) is 5.73 Å². The van der Waals surface area contributed by atoms with Crippen molar-refractivity contribution in [2.45, 2.75) is 6.92 Å². The molecule has 2 rings (SSSR count). The molecule has 82 valence electrons. The highest BCUT2D eigenvalue weighted by Crippen LogP contribution is 2.23. The molecule has 5 nitrogen and oxygen atoms in total. The minimum absolute atomic E-state index is 0.0582. The highest BCUT2D eigenvalue weighted by molar-refractivity contribution is 6.31. The van der Waals surface area contributed by atoms with E-state index in [4.69, 9.17) is 17.3 Å². The summed E-state index contributed by atoms with van der Waals surface area (Å²) in [6.45, 7) is 1.65. The molecule has 0 atom stereocenters. The lowest BCUT2D eigenvalue weighted by Crippen LogP contribution is -2.02. The third-order valence-electron chi connectivity index (χ3n) is 1.81. The van der Waals surface area contributed by atoms with E-state index >= 15 is 0 Å². The van der Waals surface area contributed by atoms with Gasteiger partial charge in [0.25, 0.3) is 0 Å². The number of pyridine rings is 1. The maximum atomic E-state index is 13.0. The van der Waals surface area contributed by atoms with Crippen molar-refractivity contribution in [2.24, 2.45) is 0 Å². The number of hydrogen-bond donors (Lipinski definition) is 1. The number of nitrogen functional groups attached to an aromatic ring is 1. The molecule has 0 amide bonds. The summed E-state index contributed by atoms with van der Waals surface area (Å²) in [6, 6.07) is 1.20. The summed E-state index contributed by atoms with van der Waals surface area (Å²) < 4.78 is 13.0. The van der Waals surface area contributed by atoms with Crippen LogP contribution in [0.2, 0.25) is 5.15 Å². The molecule has 0 unspecified atom stereocenters. The van der Waals surface area contributed by atoms with Crippen molar-refractivity contribution >= 4 is 17.5 Å². The fraction of sp³-hybridized carbons (Fsp3) is 0.111. The molecule has 2 aromatic rings. The van der Waals surface area contributed by atoms with Gasteiger partial charge in [-0.15, -0.1) is 0 Å². The first kappa shape index (κ1) is 10.7. The van der Waals surface area contributed by atoms with Crippen LogP contribution in [0.5, 0.6) is 0 Å². The fourth-order valence-electron chi connectivity index (χ4n) is 1.20. The number of rotatable bonds is 1. The molecule has 0 aliphatic heterocycles. The van der Waals surface area contributed by atoms with Gasteiger partial charge in [-0.25, -0.2) is 14.4 Å².